The Hall–Kier alpha value is -2.70. The first-order valence-corrected chi connectivity index (χ1v) is 12.6. The van der Waals surface area contributed by atoms with E-state index in [1.165, 1.54) is 19.1 Å². The number of benzene rings is 2. The fourth-order valence-corrected chi connectivity index (χ4v) is 6.09. The third-order valence-electron chi connectivity index (χ3n) is 6.89. The van der Waals surface area contributed by atoms with Crippen LogP contribution in [0.25, 0.3) is 0 Å². The summed E-state index contributed by atoms with van der Waals surface area (Å²) in [5.74, 6) is -4.00. The summed E-state index contributed by atoms with van der Waals surface area (Å²) in [6.07, 6.45) is 2.21. The van der Waals surface area contributed by atoms with Crippen molar-refractivity contribution in [1.82, 2.24) is 0 Å². The maximum absolute atomic E-state index is 15.7. The summed E-state index contributed by atoms with van der Waals surface area (Å²) < 4.78 is 21.0. The number of anilines is 1. The van der Waals surface area contributed by atoms with Gasteiger partial charge in [-0.2, -0.15) is 0 Å². The molecule has 0 aromatic heterocycles. The highest BCUT2D eigenvalue weighted by Crippen LogP contribution is 2.63. The summed E-state index contributed by atoms with van der Waals surface area (Å²) in [7, 11) is 0. The van der Waals surface area contributed by atoms with Crippen LogP contribution in [0, 0.1) is 17.2 Å². The quantitative estimate of drug-likeness (QED) is 0.416. The van der Waals surface area contributed by atoms with Crippen LogP contribution < -0.4 is 4.90 Å². The molecule has 0 radical (unpaired) electrons. The number of hydrogen-bond acceptors (Lipinski definition) is 4. The maximum atomic E-state index is 15.7. The molecule has 2 aromatic carbocycles. The highest BCUT2D eigenvalue weighted by atomic mass is 35.5. The van der Waals surface area contributed by atoms with Gasteiger partial charge < -0.3 is 4.74 Å². The standard InChI is InChI=1S/C28H28Cl2FNO4/c1-6-36-25(34)19-12-16(14-27(3,4)5)28(23(19)18-8-7-9-21(30)24(18)31)20-11-10-17(29)13-22(20)32(15(2)33)26(28)35/h7-13,16,23H,6,14H2,1-5H3/t16-,23+,28+/m0/s1. The van der Waals surface area contributed by atoms with Crippen LogP contribution in [0.5, 0.6) is 0 Å². The predicted octanol–water partition coefficient (Wildman–Crippen LogP) is 6.60. The molecule has 0 bridgehead atoms. The molecule has 1 spiro atoms. The number of nitrogens with zero attached hydrogens (tertiary/aromatic N) is 1. The summed E-state index contributed by atoms with van der Waals surface area (Å²) in [6, 6.07) is 9.42. The largest absolute Gasteiger partial charge is 0.463 e. The van der Waals surface area contributed by atoms with Gasteiger partial charge in [-0.15, -0.1) is 0 Å². The van der Waals surface area contributed by atoms with Crippen LogP contribution in [-0.4, -0.2) is 24.4 Å². The van der Waals surface area contributed by atoms with Crippen LogP contribution in [0.4, 0.5) is 10.1 Å². The smallest absolute Gasteiger partial charge is 0.334 e. The number of amides is 2. The number of fused-ring (bicyclic) bond motifs is 2. The molecule has 4 rings (SSSR count). The minimum atomic E-state index is -1.48. The lowest BCUT2D eigenvalue weighted by molar-refractivity contribution is -0.138. The molecule has 1 heterocycles. The normalized spacial score (nSPS) is 23.2. The Morgan fingerprint density at radius 2 is 1.86 bits per heavy atom. The van der Waals surface area contributed by atoms with Gasteiger partial charge in [0.15, 0.2) is 0 Å². The minimum Gasteiger partial charge on any atom is -0.463 e. The third-order valence-corrected chi connectivity index (χ3v) is 7.41. The molecule has 0 saturated heterocycles. The first-order chi connectivity index (χ1) is 16.8. The lowest BCUT2D eigenvalue weighted by Gasteiger charge is -2.39. The van der Waals surface area contributed by atoms with Crippen molar-refractivity contribution in [2.45, 2.75) is 52.4 Å². The second-order valence-corrected chi connectivity index (χ2v) is 11.3. The molecule has 3 atom stereocenters. The van der Waals surface area contributed by atoms with Crippen LogP contribution in [0.3, 0.4) is 0 Å². The number of hydrogen-bond donors (Lipinski definition) is 0. The molecule has 8 heteroatoms. The van der Waals surface area contributed by atoms with E-state index in [1.807, 2.05) is 20.8 Å². The van der Waals surface area contributed by atoms with Crippen molar-refractivity contribution in [3.8, 4) is 0 Å². The topological polar surface area (TPSA) is 63.7 Å². The number of imide groups is 1. The highest BCUT2D eigenvalue weighted by molar-refractivity contribution is 6.32. The SMILES string of the molecule is CCOC(=O)C1=C[C@@H](CC(C)(C)C)[C@]2(C(=O)N(C(C)=O)c3cc(Cl)ccc32)[C@@H]1c1cccc(Cl)c1F. The van der Waals surface area contributed by atoms with Gasteiger partial charge in [0.1, 0.15) is 5.82 Å². The lowest BCUT2D eigenvalue weighted by Crippen LogP contribution is -2.49. The Balaban J connectivity index is 2.12. The van der Waals surface area contributed by atoms with Gasteiger partial charge in [-0.3, -0.25) is 9.59 Å². The third kappa shape index (κ3) is 4.04. The van der Waals surface area contributed by atoms with Gasteiger partial charge >= 0.3 is 5.97 Å². The number of halogens is 3. The summed E-state index contributed by atoms with van der Waals surface area (Å²) in [5, 5.41) is 0.217. The van der Waals surface area contributed by atoms with E-state index in [9.17, 15) is 14.4 Å². The zero-order valence-electron chi connectivity index (χ0n) is 20.8. The lowest BCUT2D eigenvalue weighted by atomic mass is 9.61. The fourth-order valence-electron chi connectivity index (χ4n) is 5.74. The molecule has 190 valence electrons. The van der Waals surface area contributed by atoms with Gasteiger partial charge in [-0.25, -0.2) is 14.1 Å². The van der Waals surface area contributed by atoms with E-state index in [1.54, 1.807) is 37.3 Å². The van der Waals surface area contributed by atoms with Crippen molar-refractivity contribution in [3.05, 3.63) is 75.0 Å². The Kier molecular flexibility index (Phi) is 6.82. The first-order valence-electron chi connectivity index (χ1n) is 11.8. The number of ether oxygens (including phenoxy) is 1. The van der Waals surface area contributed by atoms with E-state index in [4.69, 9.17) is 27.9 Å². The molecule has 1 aliphatic carbocycles. The van der Waals surface area contributed by atoms with Crippen LogP contribution in [0.1, 0.15) is 58.1 Å². The molecule has 5 nitrogen and oxygen atoms in total. The van der Waals surface area contributed by atoms with Crippen LogP contribution in [-0.2, 0) is 24.5 Å². The maximum Gasteiger partial charge on any atom is 0.334 e. The zero-order valence-corrected chi connectivity index (χ0v) is 22.3. The number of carbonyl (C=O) groups is 3. The van der Waals surface area contributed by atoms with Crippen LogP contribution in [0.15, 0.2) is 48.0 Å². The number of rotatable bonds is 4. The molecule has 0 unspecified atom stereocenters. The van der Waals surface area contributed by atoms with Gasteiger partial charge in [-0.1, -0.05) is 68.2 Å². The summed E-state index contributed by atoms with van der Waals surface area (Å²) >= 11 is 12.5. The van der Waals surface area contributed by atoms with Crippen molar-refractivity contribution in [2.24, 2.45) is 11.3 Å². The monoisotopic (exact) mass is 531 g/mol. The van der Waals surface area contributed by atoms with E-state index < -0.39 is 40.9 Å². The van der Waals surface area contributed by atoms with Crippen molar-refractivity contribution < 1.29 is 23.5 Å². The van der Waals surface area contributed by atoms with Crippen molar-refractivity contribution >= 4 is 46.7 Å². The molecule has 2 amide bonds. The van der Waals surface area contributed by atoms with E-state index in [-0.39, 0.29) is 28.2 Å². The van der Waals surface area contributed by atoms with E-state index in [0.29, 0.717) is 22.7 Å². The molecule has 2 aromatic rings. The predicted molar refractivity (Wildman–Crippen MR) is 138 cm³/mol. The van der Waals surface area contributed by atoms with Gasteiger partial charge in [0, 0.05) is 23.4 Å². The van der Waals surface area contributed by atoms with Gasteiger partial charge in [0.05, 0.1) is 22.7 Å². The Morgan fingerprint density at radius 3 is 2.47 bits per heavy atom. The first kappa shape index (κ1) is 26.4. The molecule has 0 saturated carbocycles. The molecular weight excluding hydrogens is 504 g/mol. The van der Waals surface area contributed by atoms with Crippen LogP contribution in [0.2, 0.25) is 10.0 Å². The molecule has 0 fully saturated rings. The Bertz CT molecular complexity index is 1300. The molecule has 1 aliphatic heterocycles. The van der Waals surface area contributed by atoms with E-state index >= 15 is 4.39 Å². The molecular formula is C28H28Cl2FNO4. The summed E-state index contributed by atoms with van der Waals surface area (Å²) in [6.45, 7) is 9.16. The Morgan fingerprint density at radius 1 is 1.17 bits per heavy atom. The summed E-state index contributed by atoms with van der Waals surface area (Å²) in [4.78, 5) is 41.7. The fraction of sp³-hybridized carbons (Fsp3) is 0.393. The van der Waals surface area contributed by atoms with Crippen molar-refractivity contribution in [2.75, 3.05) is 11.5 Å². The average molecular weight is 532 g/mol. The number of esters is 1. The van der Waals surface area contributed by atoms with E-state index in [0.717, 1.165) is 4.90 Å². The highest BCUT2D eigenvalue weighted by Gasteiger charge is 2.65. The van der Waals surface area contributed by atoms with Gasteiger partial charge in [-0.05, 0) is 54.0 Å². The Labute approximate surface area is 220 Å². The average Bonchev–Trinajstić information content (AvgIpc) is 3.22. The minimum absolute atomic E-state index is 0.0952. The zero-order chi connectivity index (χ0) is 26.6. The second-order valence-electron chi connectivity index (χ2n) is 10.5. The number of allylic oxidation sites excluding steroid dienone is 1. The molecule has 0 N–H and O–H groups in total. The van der Waals surface area contributed by atoms with Crippen molar-refractivity contribution in [3.63, 3.8) is 0 Å². The van der Waals surface area contributed by atoms with Crippen molar-refractivity contribution in [1.29, 1.82) is 0 Å². The molecule has 36 heavy (non-hydrogen) atoms. The second kappa shape index (κ2) is 9.31. The summed E-state index contributed by atoms with van der Waals surface area (Å²) in [5.41, 5.74) is -0.630. The number of carbonyl (C=O) groups excluding carboxylic acids is 3. The van der Waals surface area contributed by atoms with E-state index in [2.05, 4.69) is 0 Å². The van der Waals surface area contributed by atoms with Gasteiger partial charge in [0.25, 0.3) is 0 Å². The van der Waals surface area contributed by atoms with Crippen LogP contribution >= 0.6 is 23.2 Å². The molecule has 2 aliphatic rings. The van der Waals surface area contributed by atoms with Gasteiger partial charge in [0.2, 0.25) is 11.8 Å².